The van der Waals surface area contributed by atoms with E-state index in [1.165, 1.54) is 6.42 Å². The molecule has 128 valence electrons. The van der Waals surface area contributed by atoms with Gasteiger partial charge in [0, 0.05) is 19.2 Å². The smallest absolute Gasteiger partial charge is 0.266 e. The molecule has 1 aliphatic heterocycles. The number of aromatic nitrogens is 2. The van der Waals surface area contributed by atoms with Crippen LogP contribution in [-0.4, -0.2) is 45.0 Å². The molecule has 0 radical (unpaired) electrons. The molecular weight excluding hydrogens is 290 g/mol. The van der Waals surface area contributed by atoms with Crippen LogP contribution in [0.4, 0.5) is 0 Å². The summed E-state index contributed by atoms with van der Waals surface area (Å²) >= 11 is 0. The molecule has 1 N–H and O–H groups in total. The van der Waals surface area contributed by atoms with Crippen molar-refractivity contribution in [3.05, 3.63) is 28.2 Å². The molecule has 1 aliphatic carbocycles. The molecule has 0 spiro atoms. The van der Waals surface area contributed by atoms with Gasteiger partial charge in [0.2, 0.25) is 0 Å². The Labute approximate surface area is 138 Å². The third-order valence-electron chi connectivity index (χ3n) is 5.44. The summed E-state index contributed by atoms with van der Waals surface area (Å²) in [4.78, 5) is 14.3. The Bertz CT molecular complexity index is 570. The van der Waals surface area contributed by atoms with Crippen molar-refractivity contribution in [1.29, 1.82) is 0 Å². The Balaban J connectivity index is 1.50. The summed E-state index contributed by atoms with van der Waals surface area (Å²) in [6.07, 6.45) is 7.66. The van der Waals surface area contributed by atoms with Gasteiger partial charge < -0.3 is 10.0 Å². The van der Waals surface area contributed by atoms with Crippen LogP contribution in [0.15, 0.2) is 16.9 Å². The van der Waals surface area contributed by atoms with Crippen molar-refractivity contribution in [2.75, 3.05) is 19.6 Å². The number of aliphatic hydroxyl groups is 1. The summed E-state index contributed by atoms with van der Waals surface area (Å²) in [5, 5.41) is 15.0. The zero-order valence-corrected chi connectivity index (χ0v) is 14.2. The van der Waals surface area contributed by atoms with Crippen molar-refractivity contribution in [3.63, 3.8) is 0 Å². The van der Waals surface area contributed by atoms with E-state index in [0.29, 0.717) is 5.92 Å². The maximum Gasteiger partial charge on any atom is 0.266 e. The maximum atomic E-state index is 11.9. The molecule has 3 rings (SSSR count). The van der Waals surface area contributed by atoms with E-state index in [-0.39, 0.29) is 5.56 Å². The minimum atomic E-state index is -0.458. The highest BCUT2D eigenvalue weighted by Gasteiger charge is 2.32. The lowest BCUT2D eigenvalue weighted by molar-refractivity contribution is -0.0332. The van der Waals surface area contributed by atoms with Gasteiger partial charge in [0.15, 0.2) is 0 Å². The Morgan fingerprint density at radius 2 is 1.91 bits per heavy atom. The summed E-state index contributed by atoms with van der Waals surface area (Å²) in [6, 6.07) is 3.38. The standard InChI is InChI=1S/C18H29N3O2/c1-15-5-6-17(22)21(19-15)13-16-7-11-20(12-8-16)14-18(23)9-3-2-4-10-18/h5-6,16,23H,2-4,7-14H2,1H3. The monoisotopic (exact) mass is 319 g/mol. The van der Waals surface area contributed by atoms with E-state index in [1.807, 2.05) is 6.92 Å². The van der Waals surface area contributed by atoms with Gasteiger partial charge in [-0.1, -0.05) is 19.3 Å². The van der Waals surface area contributed by atoms with Crippen LogP contribution in [0.5, 0.6) is 0 Å². The number of nitrogens with zero attached hydrogens (tertiary/aromatic N) is 3. The third kappa shape index (κ3) is 4.42. The van der Waals surface area contributed by atoms with Crippen molar-refractivity contribution in [3.8, 4) is 0 Å². The summed E-state index contributed by atoms with van der Waals surface area (Å²) < 4.78 is 1.62. The molecule has 1 saturated carbocycles. The molecule has 5 nitrogen and oxygen atoms in total. The van der Waals surface area contributed by atoms with Crippen LogP contribution in [0, 0.1) is 12.8 Å². The fourth-order valence-corrected chi connectivity index (χ4v) is 4.04. The van der Waals surface area contributed by atoms with Crippen LogP contribution < -0.4 is 5.56 Å². The maximum absolute atomic E-state index is 11.9. The molecule has 1 aromatic rings. The first-order valence-corrected chi connectivity index (χ1v) is 9.04. The van der Waals surface area contributed by atoms with Gasteiger partial charge in [-0.05, 0) is 57.7 Å². The number of hydrogen-bond acceptors (Lipinski definition) is 4. The minimum absolute atomic E-state index is 0.00505. The van der Waals surface area contributed by atoms with Gasteiger partial charge in [-0.2, -0.15) is 5.10 Å². The van der Waals surface area contributed by atoms with E-state index in [0.717, 1.165) is 70.4 Å². The average Bonchev–Trinajstić information content (AvgIpc) is 2.53. The van der Waals surface area contributed by atoms with E-state index >= 15 is 0 Å². The van der Waals surface area contributed by atoms with Crippen molar-refractivity contribution in [1.82, 2.24) is 14.7 Å². The number of rotatable bonds is 4. The van der Waals surface area contributed by atoms with Crippen LogP contribution >= 0.6 is 0 Å². The zero-order valence-electron chi connectivity index (χ0n) is 14.2. The lowest BCUT2D eigenvalue weighted by atomic mass is 9.84. The summed E-state index contributed by atoms with van der Waals surface area (Å²) in [6.45, 7) is 5.51. The second-order valence-corrected chi connectivity index (χ2v) is 7.50. The molecule has 2 aliphatic rings. The lowest BCUT2D eigenvalue weighted by Crippen LogP contribution is -2.47. The molecule has 0 aromatic carbocycles. The predicted octanol–water partition coefficient (Wildman–Crippen LogP) is 1.96. The molecule has 5 heteroatoms. The molecule has 1 aromatic heterocycles. The first-order valence-electron chi connectivity index (χ1n) is 9.04. The average molecular weight is 319 g/mol. The molecule has 0 amide bonds. The van der Waals surface area contributed by atoms with Crippen LogP contribution in [0.25, 0.3) is 0 Å². The van der Waals surface area contributed by atoms with Gasteiger partial charge in [0.1, 0.15) is 0 Å². The van der Waals surface area contributed by atoms with Gasteiger partial charge >= 0.3 is 0 Å². The Morgan fingerprint density at radius 1 is 1.22 bits per heavy atom. The van der Waals surface area contributed by atoms with Gasteiger partial charge in [-0.15, -0.1) is 0 Å². The number of piperidine rings is 1. The van der Waals surface area contributed by atoms with E-state index in [9.17, 15) is 9.90 Å². The fraction of sp³-hybridized carbons (Fsp3) is 0.778. The molecule has 23 heavy (non-hydrogen) atoms. The molecular formula is C18H29N3O2. The van der Waals surface area contributed by atoms with E-state index in [1.54, 1.807) is 16.8 Å². The first kappa shape index (κ1) is 16.7. The quantitative estimate of drug-likeness (QED) is 0.922. The van der Waals surface area contributed by atoms with E-state index in [4.69, 9.17) is 0 Å². The normalized spacial score (nSPS) is 23.0. The lowest BCUT2D eigenvalue weighted by Gasteiger charge is -2.40. The SMILES string of the molecule is Cc1ccc(=O)n(CC2CCN(CC3(O)CCCCC3)CC2)n1. The highest BCUT2D eigenvalue weighted by Crippen LogP contribution is 2.30. The van der Waals surface area contributed by atoms with Crippen LogP contribution in [0.1, 0.15) is 50.6 Å². The molecule has 0 unspecified atom stereocenters. The molecule has 2 heterocycles. The van der Waals surface area contributed by atoms with E-state index < -0.39 is 5.60 Å². The minimum Gasteiger partial charge on any atom is -0.389 e. The summed E-state index contributed by atoms with van der Waals surface area (Å²) in [5.41, 5.74) is 0.427. The largest absolute Gasteiger partial charge is 0.389 e. The number of aryl methyl sites for hydroxylation is 1. The Kier molecular flexibility index (Phi) is 5.17. The van der Waals surface area contributed by atoms with Gasteiger partial charge in [-0.3, -0.25) is 4.79 Å². The van der Waals surface area contributed by atoms with E-state index in [2.05, 4.69) is 10.00 Å². The fourth-order valence-electron chi connectivity index (χ4n) is 4.04. The molecule has 2 fully saturated rings. The highest BCUT2D eigenvalue weighted by atomic mass is 16.3. The highest BCUT2D eigenvalue weighted by molar-refractivity contribution is 4.97. The van der Waals surface area contributed by atoms with Gasteiger partial charge in [0.25, 0.3) is 5.56 Å². The van der Waals surface area contributed by atoms with Crippen molar-refractivity contribution < 1.29 is 5.11 Å². The second kappa shape index (κ2) is 7.14. The topological polar surface area (TPSA) is 58.4 Å². The van der Waals surface area contributed by atoms with Crippen LogP contribution in [-0.2, 0) is 6.54 Å². The van der Waals surface area contributed by atoms with Gasteiger partial charge in [0.05, 0.1) is 11.3 Å². The van der Waals surface area contributed by atoms with Crippen molar-refractivity contribution >= 4 is 0 Å². The zero-order chi connectivity index (χ0) is 16.3. The molecule has 1 saturated heterocycles. The number of hydrogen-bond donors (Lipinski definition) is 1. The van der Waals surface area contributed by atoms with Crippen LogP contribution in [0.3, 0.4) is 0 Å². The molecule has 0 bridgehead atoms. The summed E-state index contributed by atoms with van der Waals surface area (Å²) in [7, 11) is 0. The van der Waals surface area contributed by atoms with Gasteiger partial charge in [-0.25, -0.2) is 4.68 Å². The van der Waals surface area contributed by atoms with Crippen LogP contribution in [0.2, 0.25) is 0 Å². The third-order valence-corrected chi connectivity index (χ3v) is 5.44. The Morgan fingerprint density at radius 3 is 2.61 bits per heavy atom. The Hall–Kier alpha value is -1.20. The molecule has 0 atom stereocenters. The van der Waals surface area contributed by atoms with Crippen molar-refractivity contribution in [2.45, 2.75) is 64.0 Å². The summed E-state index contributed by atoms with van der Waals surface area (Å²) in [5.74, 6) is 0.513. The first-order chi connectivity index (χ1) is 11.0. The number of likely N-dealkylation sites (tertiary alicyclic amines) is 1. The van der Waals surface area contributed by atoms with Crippen molar-refractivity contribution in [2.24, 2.45) is 5.92 Å². The second-order valence-electron chi connectivity index (χ2n) is 7.50. The predicted molar refractivity (Wildman–Crippen MR) is 90.4 cm³/mol. The number of β-amino-alcohol motifs (C(OH)–C–C–N with tert-alkyl or cyclic N) is 1.